The number of hydrogen-bond acceptors (Lipinski definition) is 5. The van der Waals surface area contributed by atoms with E-state index in [1.165, 1.54) is 41.6 Å². The van der Waals surface area contributed by atoms with Crippen molar-refractivity contribution in [2.45, 2.75) is 10.3 Å². The van der Waals surface area contributed by atoms with Crippen molar-refractivity contribution in [1.82, 2.24) is 14.8 Å². The van der Waals surface area contributed by atoms with Crippen LogP contribution in [0.3, 0.4) is 0 Å². The molecule has 194 valence electrons. The largest absolute Gasteiger partial charge is 0.384 e. The van der Waals surface area contributed by atoms with Crippen LogP contribution in [0.5, 0.6) is 0 Å². The number of aromatic nitrogens is 3. The normalized spacial score (nSPS) is 19.6. The predicted molar refractivity (Wildman–Crippen MR) is 146 cm³/mol. The third kappa shape index (κ3) is 4.85. The SMILES string of the molecule is O=CC1(CNc2ccc(-n3cncn3)c(C(=O)Nc3ccc(F)cc3)c2)C(c2cc(Cl)cc(Cl)c2)C1(Cl)Cl. The first-order chi connectivity index (χ1) is 18.1. The van der Waals surface area contributed by atoms with Crippen molar-refractivity contribution in [1.29, 1.82) is 0 Å². The Bertz CT molecular complexity index is 1490. The minimum absolute atomic E-state index is 0.0694. The molecule has 1 heterocycles. The molecule has 0 bridgehead atoms. The van der Waals surface area contributed by atoms with Gasteiger partial charge in [0.15, 0.2) is 0 Å². The van der Waals surface area contributed by atoms with Crippen molar-refractivity contribution in [3.05, 3.63) is 100 Å². The average Bonchev–Trinajstić information content (AvgIpc) is 3.18. The highest BCUT2D eigenvalue weighted by molar-refractivity contribution is 6.54. The van der Waals surface area contributed by atoms with Crippen LogP contribution in [0.25, 0.3) is 5.69 Å². The number of nitrogens with one attached hydrogen (secondary N) is 2. The lowest BCUT2D eigenvalue weighted by Crippen LogP contribution is -2.23. The van der Waals surface area contributed by atoms with Gasteiger partial charge in [-0.1, -0.05) is 46.4 Å². The van der Waals surface area contributed by atoms with Crippen LogP contribution in [-0.2, 0) is 4.79 Å². The Kier molecular flexibility index (Phi) is 7.09. The fourth-order valence-corrected chi connectivity index (χ4v) is 5.99. The van der Waals surface area contributed by atoms with Gasteiger partial charge < -0.3 is 15.4 Å². The van der Waals surface area contributed by atoms with E-state index in [-0.39, 0.29) is 12.1 Å². The lowest BCUT2D eigenvalue weighted by atomic mass is 10.00. The molecule has 1 saturated carbocycles. The molecule has 1 aliphatic rings. The van der Waals surface area contributed by atoms with Gasteiger partial charge in [0.2, 0.25) is 0 Å². The number of nitrogens with zero attached hydrogens (tertiary/aromatic N) is 3. The molecule has 2 atom stereocenters. The first kappa shape index (κ1) is 26.4. The number of halogens is 5. The van der Waals surface area contributed by atoms with Gasteiger partial charge in [-0.25, -0.2) is 14.1 Å². The van der Waals surface area contributed by atoms with Crippen LogP contribution in [0.2, 0.25) is 10.0 Å². The maximum Gasteiger partial charge on any atom is 0.257 e. The standard InChI is InChI=1S/C26H18Cl4FN5O2/c27-16-7-15(8-17(28)9-16)23-25(12-37,26(23,29)30)11-33-20-5-6-22(36-14-32-13-34-36)21(10-20)24(38)35-19-3-1-18(31)2-4-19/h1-10,12-14,23,33H,11H2,(H,35,38). The second-order valence-corrected chi connectivity index (χ2v) is 11.1. The van der Waals surface area contributed by atoms with Crippen molar-refractivity contribution < 1.29 is 14.0 Å². The number of rotatable bonds is 8. The Morgan fingerprint density at radius 1 is 1.03 bits per heavy atom. The van der Waals surface area contributed by atoms with E-state index in [1.54, 1.807) is 36.4 Å². The van der Waals surface area contributed by atoms with E-state index in [1.807, 2.05) is 0 Å². The van der Waals surface area contributed by atoms with E-state index < -0.39 is 27.4 Å². The number of hydrogen-bond donors (Lipinski definition) is 2. The van der Waals surface area contributed by atoms with Crippen molar-refractivity contribution >= 4 is 70.0 Å². The first-order valence-corrected chi connectivity index (χ1v) is 12.8. The number of benzene rings is 3. The van der Waals surface area contributed by atoms with Crippen LogP contribution in [-0.4, -0.2) is 37.8 Å². The molecule has 1 fully saturated rings. The average molecular weight is 593 g/mol. The van der Waals surface area contributed by atoms with Crippen LogP contribution in [0.15, 0.2) is 73.3 Å². The predicted octanol–water partition coefficient (Wildman–Crippen LogP) is 6.53. The molecule has 0 saturated heterocycles. The summed E-state index contributed by atoms with van der Waals surface area (Å²) in [5.74, 6) is -1.44. The van der Waals surface area contributed by atoms with Gasteiger partial charge in [-0.15, -0.1) is 0 Å². The van der Waals surface area contributed by atoms with Crippen LogP contribution >= 0.6 is 46.4 Å². The fraction of sp³-hybridized carbons (Fsp3) is 0.154. The molecular weight excluding hydrogens is 575 g/mol. The molecule has 0 aliphatic heterocycles. The molecule has 1 aliphatic carbocycles. The second-order valence-electron chi connectivity index (χ2n) is 8.80. The molecule has 7 nitrogen and oxygen atoms in total. The number of aldehydes is 1. The van der Waals surface area contributed by atoms with Crippen LogP contribution in [0.4, 0.5) is 15.8 Å². The van der Waals surface area contributed by atoms with E-state index in [0.717, 1.165) is 6.29 Å². The number of carbonyl (C=O) groups is 2. The van der Waals surface area contributed by atoms with Gasteiger partial charge in [0.25, 0.3) is 5.91 Å². The Labute approximate surface area is 236 Å². The molecule has 5 rings (SSSR count). The molecule has 3 aromatic carbocycles. The molecule has 0 radical (unpaired) electrons. The molecule has 2 N–H and O–H groups in total. The van der Waals surface area contributed by atoms with E-state index in [9.17, 15) is 14.0 Å². The van der Waals surface area contributed by atoms with E-state index in [4.69, 9.17) is 46.4 Å². The summed E-state index contributed by atoms with van der Waals surface area (Å²) in [4.78, 5) is 29.5. The zero-order chi connectivity index (χ0) is 27.1. The quantitative estimate of drug-likeness (QED) is 0.179. The van der Waals surface area contributed by atoms with Gasteiger partial charge in [0, 0.05) is 33.9 Å². The fourth-order valence-electron chi connectivity index (χ4n) is 4.47. The van der Waals surface area contributed by atoms with Crippen LogP contribution in [0.1, 0.15) is 21.8 Å². The van der Waals surface area contributed by atoms with Gasteiger partial charge in [-0.05, 0) is 66.2 Å². The minimum atomic E-state index is -1.40. The Morgan fingerprint density at radius 2 is 1.71 bits per heavy atom. The zero-order valence-electron chi connectivity index (χ0n) is 19.3. The molecular formula is C26H18Cl4FN5O2. The third-order valence-electron chi connectivity index (χ3n) is 6.44. The number of carbonyl (C=O) groups excluding carboxylic acids is 2. The summed E-state index contributed by atoms with van der Waals surface area (Å²) in [5, 5.41) is 10.8. The summed E-state index contributed by atoms with van der Waals surface area (Å²) in [6, 6.07) is 15.3. The maximum atomic E-state index is 13.3. The van der Waals surface area contributed by atoms with E-state index in [2.05, 4.69) is 20.7 Å². The molecule has 1 amide bonds. The summed E-state index contributed by atoms with van der Waals surface area (Å²) in [6.45, 7) is 0.0694. The number of amides is 1. The second kappa shape index (κ2) is 10.2. The van der Waals surface area contributed by atoms with Crippen molar-refractivity contribution in [3.63, 3.8) is 0 Å². The van der Waals surface area contributed by atoms with Crippen molar-refractivity contribution in [2.75, 3.05) is 17.2 Å². The molecule has 1 aromatic heterocycles. The Balaban J connectivity index is 1.42. The minimum Gasteiger partial charge on any atom is -0.384 e. The smallest absolute Gasteiger partial charge is 0.257 e. The zero-order valence-corrected chi connectivity index (χ0v) is 22.4. The van der Waals surface area contributed by atoms with Gasteiger partial charge in [0.05, 0.1) is 16.7 Å². The summed E-state index contributed by atoms with van der Waals surface area (Å²) >= 11 is 25.5. The number of anilines is 2. The molecule has 4 aromatic rings. The Morgan fingerprint density at radius 3 is 2.34 bits per heavy atom. The lowest BCUT2D eigenvalue weighted by Gasteiger charge is -2.16. The van der Waals surface area contributed by atoms with Gasteiger partial charge in [0.1, 0.15) is 29.1 Å². The topological polar surface area (TPSA) is 88.9 Å². The van der Waals surface area contributed by atoms with Gasteiger partial charge >= 0.3 is 0 Å². The van der Waals surface area contributed by atoms with Crippen LogP contribution in [0, 0.1) is 11.2 Å². The van der Waals surface area contributed by atoms with Crippen molar-refractivity contribution in [2.24, 2.45) is 5.41 Å². The van der Waals surface area contributed by atoms with Gasteiger partial charge in [-0.2, -0.15) is 5.10 Å². The third-order valence-corrected chi connectivity index (χ3v) is 8.01. The Hall–Kier alpha value is -3.17. The molecule has 0 spiro atoms. The monoisotopic (exact) mass is 591 g/mol. The van der Waals surface area contributed by atoms with Gasteiger partial charge in [-0.3, -0.25) is 4.79 Å². The lowest BCUT2D eigenvalue weighted by molar-refractivity contribution is -0.112. The first-order valence-electron chi connectivity index (χ1n) is 11.2. The maximum absolute atomic E-state index is 13.3. The highest BCUT2D eigenvalue weighted by Crippen LogP contribution is 2.73. The molecule has 12 heteroatoms. The summed E-state index contributed by atoms with van der Waals surface area (Å²) < 4.78 is 13.3. The van der Waals surface area contributed by atoms with Crippen molar-refractivity contribution in [3.8, 4) is 5.69 Å². The summed E-state index contributed by atoms with van der Waals surface area (Å²) in [6.07, 6.45) is 3.53. The molecule has 38 heavy (non-hydrogen) atoms. The number of alkyl halides is 2. The van der Waals surface area contributed by atoms with Crippen LogP contribution < -0.4 is 10.6 Å². The summed E-state index contributed by atoms with van der Waals surface area (Å²) in [5.41, 5.74) is 1.11. The van der Waals surface area contributed by atoms with E-state index >= 15 is 0 Å². The highest BCUT2D eigenvalue weighted by Gasteiger charge is 2.76. The summed E-state index contributed by atoms with van der Waals surface area (Å²) in [7, 11) is 0. The molecule has 2 unspecified atom stereocenters. The highest BCUT2D eigenvalue weighted by atomic mass is 35.5. The van der Waals surface area contributed by atoms with E-state index in [0.29, 0.717) is 32.7 Å².